The molecule has 0 saturated carbocycles. The van der Waals surface area contributed by atoms with Crippen LogP contribution in [0.2, 0.25) is 0 Å². The van der Waals surface area contributed by atoms with Crippen molar-refractivity contribution >= 4 is 6.08 Å². The quantitative estimate of drug-likeness (QED) is 0.867. The number of nitriles is 1. The molecule has 3 rings (SSSR count). The van der Waals surface area contributed by atoms with Gasteiger partial charge in [-0.2, -0.15) is 5.26 Å². The van der Waals surface area contributed by atoms with E-state index in [1.54, 1.807) is 0 Å². The number of benzene rings is 2. The molecule has 0 N–H and O–H groups in total. The molecule has 1 heterocycles. The van der Waals surface area contributed by atoms with Crippen molar-refractivity contribution in [2.24, 2.45) is 0 Å². The van der Waals surface area contributed by atoms with Crippen LogP contribution in [-0.4, -0.2) is 31.2 Å². The third kappa shape index (κ3) is 4.21. The number of morpholine rings is 1. The van der Waals surface area contributed by atoms with Gasteiger partial charge in [0.2, 0.25) is 0 Å². The maximum absolute atomic E-state index is 8.92. The lowest BCUT2D eigenvalue weighted by Crippen LogP contribution is -2.36. The van der Waals surface area contributed by atoms with Gasteiger partial charge in [0.25, 0.3) is 0 Å². The summed E-state index contributed by atoms with van der Waals surface area (Å²) in [4.78, 5) is 2.40. The van der Waals surface area contributed by atoms with E-state index in [9.17, 15) is 0 Å². The number of hydrogen-bond acceptors (Lipinski definition) is 3. The SMILES string of the molecule is N#Cc1ccc(/C=C(\Cc2ccccc2)N2CCOCC2)cc1. The van der Waals surface area contributed by atoms with Gasteiger partial charge in [0.15, 0.2) is 0 Å². The first-order valence-corrected chi connectivity index (χ1v) is 7.92. The molecule has 1 aliphatic rings. The summed E-state index contributed by atoms with van der Waals surface area (Å²) in [7, 11) is 0. The standard InChI is InChI=1S/C20H20N2O/c21-16-19-8-6-18(7-9-19)15-20(22-10-12-23-13-11-22)14-17-4-2-1-3-5-17/h1-9,15H,10-14H2/b20-15+. The van der Waals surface area contributed by atoms with Crippen molar-refractivity contribution < 1.29 is 4.74 Å². The van der Waals surface area contributed by atoms with Crippen molar-refractivity contribution in [1.29, 1.82) is 5.26 Å². The van der Waals surface area contributed by atoms with Crippen LogP contribution in [0.1, 0.15) is 16.7 Å². The zero-order valence-corrected chi connectivity index (χ0v) is 13.1. The zero-order valence-electron chi connectivity index (χ0n) is 13.1. The summed E-state index contributed by atoms with van der Waals surface area (Å²) >= 11 is 0. The monoisotopic (exact) mass is 304 g/mol. The molecule has 0 radical (unpaired) electrons. The van der Waals surface area contributed by atoms with Crippen LogP contribution >= 0.6 is 0 Å². The second-order valence-corrected chi connectivity index (χ2v) is 5.63. The fraction of sp³-hybridized carbons (Fsp3) is 0.250. The van der Waals surface area contributed by atoms with Crippen LogP contribution in [0, 0.1) is 11.3 Å². The molecule has 1 fully saturated rings. The van der Waals surface area contributed by atoms with Crippen LogP contribution < -0.4 is 0 Å². The van der Waals surface area contributed by atoms with Crippen LogP contribution in [0.25, 0.3) is 6.08 Å². The Hall–Kier alpha value is -2.57. The first-order valence-electron chi connectivity index (χ1n) is 7.92. The maximum atomic E-state index is 8.92. The van der Waals surface area contributed by atoms with Crippen LogP contribution in [0.4, 0.5) is 0 Å². The topological polar surface area (TPSA) is 36.3 Å². The summed E-state index contributed by atoms with van der Waals surface area (Å²) in [6.45, 7) is 3.41. The third-order valence-electron chi connectivity index (χ3n) is 4.02. The Morgan fingerprint density at radius 3 is 2.39 bits per heavy atom. The molecule has 0 bridgehead atoms. The van der Waals surface area contributed by atoms with E-state index in [1.807, 2.05) is 30.3 Å². The van der Waals surface area contributed by atoms with Gasteiger partial charge in [-0.1, -0.05) is 42.5 Å². The molecule has 2 aromatic carbocycles. The van der Waals surface area contributed by atoms with E-state index in [0.29, 0.717) is 5.56 Å². The van der Waals surface area contributed by atoms with Gasteiger partial charge in [0.05, 0.1) is 24.8 Å². The summed E-state index contributed by atoms with van der Waals surface area (Å²) in [5.41, 5.74) is 4.42. The van der Waals surface area contributed by atoms with Crippen LogP contribution in [0.5, 0.6) is 0 Å². The maximum Gasteiger partial charge on any atom is 0.0991 e. The molecular weight excluding hydrogens is 284 g/mol. The van der Waals surface area contributed by atoms with Gasteiger partial charge in [-0.3, -0.25) is 0 Å². The van der Waals surface area contributed by atoms with Gasteiger partial charge in [-0.15, -0.1) is 0 Å². The molecule has 116 valence electrons. The number of hydrogen-bond donors (Lipinski definition) is 0. The minimum absolute atomic E-state index is 0.693. The largest absolute Gasteiger partial charge is 0.378 e. The molecule has 1 saturated heterocycles. The highest BCUT2D eigenvalue weighted by atomic mass is 16.5. The Morgan fingerprint density at radius 2 is 1.74 bits per heavy atom. The molecule has 23 heavy (non-hydrogen) atoms. The summed E-state index contributed by atoms with van der Waals surface area (Å²) < 4.78 is 5.48. The first kappa shape index (κ1) is 15.3. The highest BCUT2D eigenvalue weighted by molar-refractivity contribution is 5.54. The van der Waals surface area contributed by atoms with E-state index in [4.69, 9.17) is 10.00 Å². The van der Waals surface area contributed by atoms with E-state index in [0.717, 1.165) is 38.3 Å². The van der Waals surface area contributed by atoms with Gasteiger partial charge in [0, 0.05) is 25.2 Å². The van der Waals surface area contributed by atoms with E-state index >= 15 is 0 Å². The van der Waals surface area contributed by atoms with E-state index < -0.39 is 0 Å². The van der Waals surface area contributed by atoms with Gasteiger partial charge in [0.1, 0.15) is 0 Å². The van der Waals surface area contributed by atoms with Crippen molar-refractivity contribution in [3.05, 3.63) is 77.0 Å². The fourth-order valence-electron chi connectivity index (χ4n) is 2.76. The van der Waals surface area contributed by atoms with Gasteiger partial charge < -0.3 is 9.64 Å². The smallest absolute Gasteiger partial charge is 0.0991 e. The first-order chi connectivity index (χ1) is 11.3. The number of ether oxygens (including phenoxy) is 1. The van der Waals surface area contributed by atoms with Crippen LogP contribution in [-0.2, 0) is 11.2 Å². The lowest BCUT2D eigenvalue weighted by atomic mass is 10.1. The molecular formula is C20H20N2O. The second-order valence-electron chi connectivity index (χ2n) is 5.63. The van der Waals surface area contributed by atoms with Crippen LogP contribution in [0.3, 0.4) is 0 Å². The summed E-state index contributed by atoms with van der Waals surface area (Å²) in [5.74, 6) is 0. The lowest BCUT2D eigenvalue weighted by Gasteiger charge is -2.31. The Kier molecular flexibility index (Phi) is 5.08. The zero-order chi connectivity index (χ0) is 15.9. The third-order valence-corrected chi connectivity index (χ3v) is 4.02. The molecule has 0 unspecified atom stereocenters. The predicted molar refractivity (Wildman–Crippen MR) is 91.7 cm³/mol. The number of nitrogens with zero attached hydrogens (tertiary/aromatic N) is 2. The highest BCUT2D eigenvalue weighted by Gasteiger charge is 2.14. The van der Waals surface area contributed by atoms with E-state index in [2.05, 4.69) is 41.3 Å². The second kappa shape index (κ2) is 7.62. The molecule has 2 aromatic rings. The van der Waals surface area contributed by atoms with E-state index in [1.165, 1.54) is 11.3 Å². The fourth-order valence-corrected chi connectivity index (χ4v) is 2.76. The molecule has 0 aliphatic carbocycles. The minimum atomic E-state index is 0.693. The van der Waals surface area contributed by atoms with Crippen molar-refractivity contribution in [3.8, 4) is 6.07 Å². The normalized spacial score (nSPS) is 15.3. The minimum Gasteiger partial charge on any atom is -0.378 e. The summed E-state index contributed by atoms with van der Waals surface area (Å²) in [5, 5.41) is 8.92. The Morgan fingerprint density at radius 1 is 1.04 bits per heavy atom. The summed E-state index contributed by atoms with van der Waals surface area (Å²) in [6, 6.07) is 20.4. The Balaban J connectivity index is 1.86. The average Bonchev–Trinajstić information content (AvgIpc) is 2.63. The molecule has 0 spiro atoms. The molecule has 1 aliphatic heterocycles. The van der Waals surface area contributed by atoms with Crippen molar-refractivity contribution in [2.75, 3.05) is 26.3 Å². The highest BCUT2D eigenvalue weighted by Crippen LogP contribution is 2.18. The summed E-state index contributed by atoms with van der Waals surface area (Å²) in [6.07, 6.45) is 3.13. The molecule has 3 nitrogen and oxygen atoms in total. The Labute approximate surface area is 137 Å². The molecule has 0 aromatic heterocycles. The predicted octanol–water partition coefficient (Wildman–Crippen LogP) is 3.47. The number of rotatable bonds is 4. The molecule has 0 amide bonds. The van der Waals surface area contributed by atoms with Crippen molar-refractivity contribution in [2.45, 2.75) is 6.42 Å². The van der Waals surface area contributed by atoms with E-state index in [-0.39, 0.29) is 0 Å². The van der Waals surface area contributed by atoms with Crippen LogP contribution in [0.15, 0.2) is 60.3 Å². The van der Waals surface area contributed by atoms with Gasteiger partial charge in [-0.05, 0) is 29.3 Å². The van der Waals surface area contributed by atoms with Crippen molar-refractivity contribution in [1.82, 2.24) is 4.90 Å². The molecule has 3 heteroatoms. The molecule has 0 atom stereocenters. The lowest BCUT2D eigenvalue weighted by molar-refractivity contribution is 0.0532. The van der Waals surface area contributed by atoms with Gasteiger partial charge >= 0.3 is 0 Å². The van der Waals surface area contributed by atoms with Gasteiger partial charge in [-0.25, -0.2) is 0 Å². The van der Waals surface area contributed by atoms with Crippen molar-refractivity contribution in [3.63, 3.8) is 0 Å². The Bertz CT molecular complexity index is 693. The number of allylic oxidation sites excluding steroid dienone is 1. The average molecular weight is 304 g/mol.